The average Bonchev–Trinajstić information content (AvgIpc) is 3.25. The first kappa shape index (κ1) is 18.5. The number of carbonyl (C=O) groups is 1. The third kappa shape index (κ3) is 4.01. The number of anilines is 2. The predicted molar refractivity (Wildman–Crippen MR) is 112 cm³/mol. The Bertz CT molecular complexity index is 967. The standard InChI is InChI=1S/C20H22N6OS/c1-2-15-5-3-4-6-16(15)24-20(27)17-12-26(14-23-17)19-11-18(21-13-22-19)25-7-9-28-10-8-25/h3-6,11-14H,2,7-10H2,1H3,(H,24,27). The monoisotopic (exact) mass is 394 g/mol. The van der Waals surface area contributed by atoms with Gasteiger partial charge in [-0.25, -0.2) is 15.0 Å². The number of hydrogen-bond acceptors (Lipinski definition) is 6. The van der Waals surface area contributed by atoms with Crippen LogP contribution in [0.3, 0.4) is 0 Å². The van der Waals surface area contributed by atoms with Crippen molar-refractivity contribution in [1.29, 1.82) is 0 Å². The Balaban J connectivity index is 1.52. The van der Waals surface area contributed by atoms with E-state index in [2.05, 4.69) is 32.1 Å². The summed E-state index contributed by atoms with van der Waals surface area (Å²) in [5.74, 6) is 3.58. The maximum atomic E-state index is 12.6. The van der Waals surface area contributed by atoms with Gasteiger partial charge in [0.1, 0.15) is 30.0 Å². The van der Waals surface area contributed by atoms with Crippen molar-refractivity contribution >= 4 is 29.2 Å². The smallest absolute Gasteiger partial charge is 0.275 e. The lowest BCUT2D eigenvalue weighted by Gasteiger charge is -2.27. The van der Waals surface area contributed by atoms with Crippen molar-refractivity contribution in [2.24, 2.45) is 0 Å². The highest BCUT2D eigenvalue weighted by atomic mass is 32.2. The van der Waals surface area contributed by atoms with Crippen LogP contribution >= 0.6 is 11.8 Å². The lowest BCUT2D eigenvalue weighted by Crippen LogP contribution is -2.33. The molecule has 3 heterocycles. The summed E-state index contributed by atoms with van der Waals surface area (Å²) >= 11 is 1.96. The van der Waals surface area contributed by atoms with Gasteiger partial charge in [0.25, 0.3) is 5.91 Å². The fourth-order valence-corrected chi connectivity index (χ4v) is 4.05. The number of hydrogen-bond donors (Lipinski definition) is 1. The van der Waals surface area contributed by atoms with E-state index in [4.69, 9.17) is 0 Å². The number of aryl methyl sites for hydroxylation is 1. The zero-order valence-corrected chi connectivity index (χ0v) is 16.5. The lowest BCUT2D eigenvalue weighted by molar-refractivity contribution is 0.102. The molecule has 7 nitrogen and oxygen atoms in total. The molecule has 0 unspecified atom stereocenters. The van der Waals surface area contributed by atoms with Crippen LogP contribution < -0.4 is 10.2 Å². The van der Waals surface area contributed by atoms with Gasteiger partial charge in [-0.1, -0.05) is 25.1 Å². The molecule has 0 saturated carbocycles. The van der Waals surface area contributed by atoms with Crippen LogP contribution in [-0.2, 0) is 6.42 Å². The highest BCUT2D eigenvalue weighted by Crippen LogP contribution is 2.19. The van der Waals surface area contributed by atoms with E-state index < -0.39 is 0 Å². The number of carbonyl (C=O) groups excluding carboxylic acids is 1. The molecule has 1 saturated heterocycles. The van der Waals surface area contributed by atoms with Gasteiger partial charge in [0.15, 0.2) is 0 Å². The zero-order chi connectivity index (χ0) is 19.3. The fourth-order valence-electron chi connectivity index (χ4n) is 3.15. The van der Waals surface area contributed by atoms with Crippen LogP contribution in [0.2, 0.25) is 0 Å². The Hall–Kier alpha value is -2.87. The lowest BCUT2D eigenvalue weighted by atomic mass is 10.1. The number of para-hydroxylation sites is 1. The number of nitrogens with zero attached hydrogens (tertiary/aromatic N) is 5. The van der Waals surface area contributed by atoms with E-state index in [-0.39, 0.29) is 5.91 Å². The van der Waals surface area contributed by atoms with Gasteiger partial charge in [0.05, 0.1) is 0 Å². The van der Waals surface area contributed by atoms with E-state index in [1.165, 1.54) is 0 Å². The molecule has 0 spiro atoms. The molecule has 1 aliphatic rings. The summed E-state index contributed by atoms with van der Waals surface area (Å²) in [5, 5.41) is 2.95. The summed E-state index contributed by atoms with van der Waals surface area (Å²) in [7, 11) is 0. The van der Waals surface area contributed by atoms with E-state index in [1.54, 1.807) is 23.4 Å². The second kappa shape index (κ2) is 8.43. The predicted octanol–water partition coefficient (Wildman–Crippen LogP) is 3.03. The Morgan fingerprint density at radius 3 is 2.75 bits per heavy atom. The molecule has 0 aliphatic carbocycles. The molecule has 1 aliphatic heterocycles. The van der Waals surface area contributed by atoms with E-state index in [9.17, 15) is 4.79 Å². The molecule has 1 N–H and O–H groups in total. The maximum Gasteiger partial charge on any atom is 0.275 e. The van der Waals surface area contributed by atoms with Crippen LogP contribution in [0.5, 0.6) is 0 Å². The number of aromatic nitrogens is 4. The summed E-state index contributed by atoms with van der Waals surface area (Å²) in [6, 6.07) is 9.73. The number of nitrogens with one attached hydrogen (secondary N) is 1. The molecule has 28 heavy (non-hydrogen) atoms. The number of thioether (sulfide) groups is 1. The van der Waals surface area contributed by atoms with Crippen LogP contribution in [0, 0.1) is 0 Å². The molecule has 0 atom stereocenters. The van der Waals surface area contributed by atoms with Crippen molar-refractivity contribution in [2.75, 3.05) is 34.8 Å². The quantitative estimate of drug-likeness (QED) is 0.717. The van der Waals surface area contributed by atoms with Crippen molar-refractivity contribution in [3.8, 4) is 5.82 Å². The largest absolute Gasteiger partial charge is 0.355 e. The van der Waals surface area contributed by atoms with E-state index in [1.807, 2.05) is 42.1 Å². The molecule has 1 amide bonds. The third-order valence-electron chi connectivity index (χ3n) is 4.70. The van der Waals surface area contributed by atoms with Gasteiger partial charge in [-0.05, 0) is 18.1 Å². The average molecular weight is 395 g/mol. The SMILES string of the molecule is CCc1ccccc1NC(=O)c1cn(-c2cc(N3CCSCC3)ncn2)cn1. The molecule has 4 rings (SSSR count). The van der Waals surface area contributed by atoms with Gasteiger partial charge >= 0.3 is 0 Å². The van der Waals surface area contributed by atoms with Crippen molar-refractivity contribution in [2.45, 2.75) is 13.3 Å². The van der Waals surface area contributed by atoms with E-state index >= 15 is 0 Å². The van der Waals surface area contributed by atoms with E-state index in [0.717, 1.165) is 48.1 Å². The molecule has 8 heteroatoms. The Morgan fingerprint density at radius 2 is 1.93 bits per heavy atom. The molecule has 1 aromatic carbocycles. The second-order valence-electron chi connectivity index (χ2n) is 6.46. The second-order valence-corrected chi connectivity index (χ2v) is 7.69. The van der Waals surface area contributed by atoms with Crippen LogP contribution in [-0.4, -0.2) is 50.0 Å². The molecule has 3 aromatic rings. The van der Waals surface area contributed by atoms with Gasteiger partial charge in [-0.15, -0.1) is 0 Å². The number of amides is 1. The molecular formula is C20H22N6OS. The Morgan fingerprint density at radius 1 is 1.14 bits per heavy atom. The van der Waals surface area contributed by atoms with Crippen molar-refractivity contribution in [1.82, 2.24) is 19.5 Å². The first-order chi connectivity index (χ1) is 13.7. The van der Waals surface area contributed by atoms with Gasteiger partial charge in [0.2, 0.25) is 0 Å². The minimum Gasteiger partial charge on any atom is -0.355 e. The van der Waals surface area contributed by atoms with Crippen molar-refractivity contribution in [3.05, 3.63) is 60.4 Å². The minimum atomic E-state index is -0.234. The topological polar surface area (TPSA) is 75.9 Å². The minimum absolute atomic E-state index is 0.234. The Labute approximate surface area is 168 Å². The van der Waals surface area contributed by atoms with Crippen LogP contribution in [0.1, 0.15) is 23.0 Å². The van der Waals surface area contributed by atoms with Crippen LogP contribution in [0.15, 0.2) is 49.2 Å². The molecular weight excluding hydrogens is 372 g/mol. The molecule has 0 radical (unpaired) electrons. The highest BCUT2D eigenvalue weighted by molar-refractivity contribution is 7.99. The molecule has 1 fully saturated rings. The first-order valence-electron chi connectivity index (χ1n) is 9.33. The summed E-state index contributed by atoms with van der Waals surface area (Å²) < 4.78 is 1.75. The summed E-state index contributed by atoms with van der Waals surface area (Å²) in [6.45, 7) is 4.03. The van der Waals surface area contributed by atoms with E-state index in [0.29, 0.717) is 11.5 Å². The van der Waals surface area contributed by atoms with Gasteiger partial charge in [0, 0.05) is 42.5 Å². The summed E-state index contributed by atoms with van der Waals surface area (Å²) in [6.07, 6.45) is 5.72. The number of rotatable bonds is 5. The first-order valence-corrected chi connectivity index (χ1v) is 10.5. The number of imidazole rings is 1. The zero-order valence-electron chi connectivity index (χ0n) is 15.7. The van der Waals surface area contributed by atoms with Gasteiger partial charge in [-0.2, -0.15) is 11.8 Å². The molecule has 144 valence electrons. The maximum absolute atomic E-state index is 12.6. The highest BCUT2D eigenvalue weighted by Gasteiger charge is 2.15. The molecule has 2 aromatic heterocycles. The van der Waals surface area contributed by atoms with Gasteiger partial charge in [-0.3, -0.25) is 9.36 Å². The summed E-state index contributed by atoms with van der Waals surface area (Å²) in [4.78, 5) is 27.9. The fraction of sp³-hybridized carbons (Fsp3) is 0.300. The van der Waals surface area contributed by atoms with Crippen molar-refractivity contribution in [3.63, 3.8) is 0 Å². The summed E-state index contributed by atoms with van der Waals surface area (Å²) in [5.41, 5.74) is 2.26. The number of benzene rings is 1. The third-order valence-corrected chi connectivity index (χ3v) is 5.64. The van der Waals surface area contributed by atoms with Crippen molar-refractivity contribution < 1.29 is 4.79 Å². The van der Waals surface area contributed by atoms with Gasteiger partial charge < -0.3 is 10.2 Å². The Kier molecular flexibility index (Phi) is 5.57. The van der Waals surface area contributed by atoms with Crippen LogP contribution in [0.4, 0.5) is 11.5 Å². The van der Waals surface area contributed by atoms with Crippen LogP contribution in [0.25, 0.3) is 5.82 Å². The molecule has 0 bridgehead atoms. The normalized spacial score (nSPS) is 14.1.